The SMILES string of the molecule is FC(C(F)C(F)(F)C(F)(F)C(F)(F)F)C(F)(F)OC(F)(F)C(F)C(F)C(F)(F)C(F)(F)C(F)(F)F. The average Bonchev–Trinajstić information content (AvgIpc) is 2.62. The molecular formula is C12H4F22O. The molecule has 4 unspecified atom stereocenters. The highest BCUT2D eigenvalue weighted by Gasteiger charge is 2.80. The predicted octanol–water partition coefficient (Wildman–Crippen LogP) is 7.21. The summed E-state index contributed by atoms with van der Waals surface area (Å²) in [5.41, 5.74) is 0. The fourth-order valence-electron chi connectivity index (χ4n) is 1.73. The van der Waals surface area contributed by atoms with Gasteiger partial charge in [-0.25, -0.2) is 17.6 Å². The zero-order chi connectivity index (χ0) is 29.0. The second-order valence-corrected chi connectivity index (χ2v) is 6.22. The van der Waals surface area contributed by atoms with Crippen LogP contribution in [0, 0.1) is 0 Å². The van der Waals surface area contributed by atoms with E-state index < -0.39 is 72.9 Å². The van der Waals surface area contributed by atoms with Crippen LogP contribution in [0.25, 0.3) is 0 Å². The zero-order valence-corrected chi connectivity index (χ0v) is 15.0. The molecular weight excluding hydrogens is 578 g/mol. The number of hydrogen-bond donors (Lipinski definition) is 0. The van der Waals surface area contributed by atoms with Crippen LogP contribution >= 0.6 is 0 Å². The van der Waals surface area contributed by atoms with Crippen LogP contribution in [-0.4, -0.2) is 72.9 Å². The molecule has 0 aromatic heterocycles. The Balaban J connectivity index is 6.05. The molecule has 212 valence electrons. The minimum atomic E-state index is -7.71. The first-order valence-corrected chi connectivity index (χ1v) is 7.50. The lowest BCUT2D eigenvalue weighted by Crippen LogP contribution is -2.63. The Bertz CT molecular complexity index is 659. The molecule has 35 heavy (non-hydrogen) atoms. The van der Waals surface area contributed by atoms with Crippen molar-refractivity contribution >= 4 is 0 Å². The van der Waals surface area contributed by atoms with Gasteiger partial charge in [0.25, 0.3) is 0 Å². The normalized spacial score (nSPS) is 19.4. The van der Waals surface area contributed by atoms with E-state index in [0.717, 1.165) is 0 Å². The molecule has 0 aliphatic heterocycles. The molecule has 0 amide bonds. The predicted molar refractivity (Wildman–Crippen MR) is 62.5 cm³/mol. The van der Waals surface area contributed by atoms with E-state index in [1.807, 2.05) is 0 Å². The van der Waals surface area contributed by atoms with Crippen molar-refractivity contribution in [3.63, 3.8) is 0 Å². The van der Waals surface area contributed by atoms with Gasteiger partial charge < -0.3 is 0 Å². The largest absolute Gasteiger partial charge is 0.459 e. The van der Waals surface area contributed by atoms with Gasteiger partial charge in [-0.2, -0.15) is 79.0 Å². The van der Waals surface area contributed by atoms with Crippen LogP contribution in [0.15, 0.2) is 0 Å². The summed E-state index contributed by atoms with van der Waals surface area (Å²) in [7, 11) is 0. The number of hydrogen-bond acceptors (Lipinski definition) is 1. The van der Waals surface area contributed by atoms with Crippen LogP contribution in [0.3, 0.4) is 0 Å². The van der Waals surface area contributed by atoms with E-state index in [1.165, 1.54) is 0 Å². The second-order valence-electron chi connectivity index (χ2n) is 6.22. The van der Waals surface area contributed by atoms with Crippen molar-refractivity contribution in [1.82, 2.24) is 0 Å². The van der Waals surface area contributed by atoms with E-state index in [2.05, 4.69) is 0 Å². The first-order valence-electron chi connectivity index (χ1n) is 7.50. The Labute approximate surface area is 176 Å². The van der Waals surface area contributed by atoms with Gasteiger partial charge in [0, 0.05) is 0 Å². The second kappa shape index (κ2) is 9.06. The Hall–Kier alpha value is -1.58. The Morgan fingerprint density at radius 3 is 0.714 bits per heavy atom. The molecule has 0 aromatic rings. The maximum absolute atomic E-state index is 13.2. The summed E-state index contributed by atoms with van der Waals surface area (Å²) in [5, 5.41) is 0. The molecule has 0 rings (SSSR count). The van der Waals surface area contributed by atoms with E-state index in [0.29, 0.717) is 0 Å². The molecule has 0 fully saturated rings. The topological polar surface area (TPSA) is 9.23 Å². The molecule has 0 aliphatic rings. The van der Waals surface area contributed by atoms with Gasteiger partial charge in [-0.15, -0.1) is 0 Å². The van der Waals surface area contributed by atoms with Crippen LogP contribution < -0.4 is 0 Å². The van der Waals surface area contributed by atoms with Gasteiger partial charge in [-0.1, -0.05) is 0 Å². The summed E-state index contributed by atoms with van der Waals surface area (Å²) >= 11 is 0. The zero-order valence-electron chi connectivity index (χ0n) is 15.0. The molecule has 0 saturated carbocycles. The first-order chi connectivity index (χ1) is 14.8. The van der Waals surface area contributed by atoms with Gasteiger partial charge in [-0.05, 0) is 0 Å². The summed E-state index contributed by atoms with van der Waals surface area (Å²) < 4.78 is 280. The number of rotatable bonds is 10. The van der Waals surface area contributed by atoms with Crippen molar-refractivity contribution in [1.29, 1.82) is 0 Å². The van der Waals surface area contributed by atoms with Crippen LogP contribution in [0.5, 0.6) is 0 Å². The van der Waals surface area contributed by atoms with Gasteiger partial charge in [-0.3, -0.25) is 4.74 Å². The molecule has 0 bridgehead atoms. The van der Waals surface area contributed by atoms with E-state index in [4.69, 9.17) is 0 Å². The Kier molecular flexibility index (Phi) is 8.66. The molecule has 0 saturated heterocycles. The molecule has 23 heteroatoms. The highest BCUT2D eigenvalue weighted by atomic mass is 19.4. The average molecular weight is 582 g/mol. The standard InChI is InChI=1S/C12H4F22O/c13-1(5(17,18)9(25,26)11(29,30)31)3(15)7(21,22)35-8(23,24)4(16)2(14)6(19,20)10(27,28)12(32,33)34/h1-4H. The summed E-state index contributed by atoms with van der Waals surface area (Å²) in [6.45, 7) is 0. The molecule has 0 N–H and O–H groups in total. The highest BCUT2D eigenvalue weighted by Crippen LogP contribution is 2.53. The van der Waals surface area contributed by atoms with Crippen LogP contribution in [-0.2, 0) is 4.74 Å². The highest BCUT2D eigenvalue weighted by molar-refractivity contribution is 5.02. The molecule has 4 atom stereocenters. The van der Waals surface area contributed by atoms with Crippen molar-refractivity contribution in [3.05, 3.63) is 0 Å². The van der Waals surface area contributed by atoms with Crippen LogP contribution in [0.2, 0.25) is 0 Å². The van der Waals surface area contributed by atoms with Crippen molar-refractivity contribution in [3.8, 4) is 0 Å². The summed E-state index contributed by atoms with van der Waals surface area (Å²) in [4.78, 5) is 0. The lowest BCUT2D eigenvalue weighted by atomic mass is 10.0. The lowest BCUT2D eigenvalue weighted by molar-refractivity contribution is -0.433. The minimum Gasteiger partial charge on any atom is -0.250 e. The van der Waals surface area contributed by atoms with Crippen molar-refractivity contribution in [2.45, 2.75) is 72.9 Å². The third-order valence-electron chi connectivity index (χ3n) is 3.67. The lowest BCUT2D eigenvalue weighted by Gasteiger charge is -2.36. The number of halogens is 22. The summed E-state index contributed by atoms with van der Waals surface area (Å²) in [5.74, 6) is -30.6. The first kappa shape index (κ1) is 33.4. The van der Waals surface area contributed by atoms with E-state index in [9.17, 15) is 96.6 Å². The molecule has 0 spiro atoms. The summed E-state index contributed by atoms with van der Waals surface area (Å²) in [6.07, 6.45) is -54.1. The van der Waals surface area contributed by atoms with Gasteiger partial charge in [0.05, 0.1) is 0 Å². The van der Waals surface area contributed by atoms with Gasteiger partial charge >= 0.3 is 48.3 Å². The maximum Gasteiger partial charge on any atom is 0.459 e. The monoisotopic (exact) mass is 582 g/mol. The van der Waals surface area contributed by atoms with Crippen molar-refractivity contribution < 1.29 is 101 Å². The molecule has 0 aromatic carbocycles. The quantitative estimate of drug-likeness (QED) is 0.248. The van der Waals surface area contributed by atoms with Gasteiger partial charge in [0.15, 0.2) is 0 Å². The molecule has 1 nitrogen and oxygen atoms in total. The number of alkyl halides is 22. The number of ether oxygens (including phenoxy) is 1. The Morgan fingerprint density at radius 1 is 0.343 bits per heavy atom. The van der Waals surface area contributed by atoms with E-state index in [1.54, 1.807) is 4.74 Å². The van der Waals surface area contributed by atoms with Crippen LogP contribution in [0.1, 0.15) is 0 Å². The maximum atomic E-state index is 13.2. The van der Waals surface area contributed by atoms with Gasteiger partial charge in [0.1, 0.15) is 0 Å². The molecule has 0 aliphatic carbocycles. The van der Waals surface area contributed by atoms with Crippen molar-refractivity contribution in [2.24, 2.45) is 0 Å². The van der Waals surface area contributed by atoms with Crippen LogP contribution in [0.4, 0.5) is 96.6 Å². The van der Waals surface area contributed by atoms with Gasteiger partial charge in [0.2, 0.25) is 24.7 Å². The van der Waals surface area contributed by atoms with E-state index in [-0.39, 0.29) is 0 Å². The minimum absolute atomic E-state index is 1.56. The van der Waals surface area contributed by atoms with Crippen molar-refractivity contribution in [2.75, 3.05) is 0 Å². The Morgan fingerprint density at radius 2 is 0.543 bits per heavy atom. The third-order valence-corrected chi connectivity index (χ3v) is 3.67. The third kappa shape index (κ3) is 5.72. The fourth-order valence-corrected chi connectivity index (χ4v) is 1.73. The molecule has 0 radical (unpaired) electrons. The van der Waals surface area contributed by atoms with E-state index >= 15 is 0 Å². The smallest absolute Gasteiger partial charge is 0.250 e. The summed E-state index contributed by atoms with van der Waals surface area (Å²) in [6, 6.07) is 0. The fraction of sp³-hybridized carbons (Fsp3) is 1.00. The molecule has 0 heterocycles.